The number of ether oxygens (including phenoxy) is 1. The molecule has 2 saturated heterocycles. The molecule has 140 valence electrons. The fourth-order valence-corrected chi connectivity index (χ4v) is 5.41. The number of thiophene rings is 1. The Balaban J connectivity index is 1.85. The summed E-state index contributed by atoms with van der Waals surface area (Å²) in [5, 5.41) is 3.84. The van der Waals surface area contributed by atoms with Crippen molar-refractivity contribution in [1.29, 1.82) is 0 Å². The van der Waals surface area contributed by atoms with E-state index < -0.39 is 23.3 Å². The van der Waals surface area contributed by atoms with E-state index in [-0.39, 0.29) is 17.9 Å². The van der Waals surface area contributed by atoms with Crippen molar-refractivity contribution >= 4 is 29.1 Å². The van der Waals surface area contributed by atoms with Crippen molar-refractivity contribution in [2.45, 2.75) is 18.0 Å². The van der Waals surface area contributed by atoms with Crippen LogP contribution in [0.25, 0.3) is 0 Å². The molecular formula is C20H21N2O4S+. The van der Waals surface area contributed by atoms with E-state index in [0.717, 1.165) is 10.4 Å². The quantitative estimate of drug-likeness (QED) is 0.622. The number of hydrogen-bond acceptors (Lipinski definition) is 5. The zero-order valence-electron chi connectivity index (χ0n) is 15.1. The Bertz CT molecular complexity index is 883. The van der Waals surface area contributed by atoms with E-state index in [4.69, 9.17) is 4.74 Å². The number of quaternary nitrogens is 1. The molecule has 7 heteroatoms. The van der Waals surface area contributed by atoms with Gasteiger partial charge in [0.1, 0.15) is 17.9 Å². The van der Waals surface area contributed by atoms with Crippen LogP contribution >= 0.6 is 11.3 Å². The molecule has 1 aromatic heterocycles. The fourth-order valence-electron chi connectivity index (χ4n) is 4.57. The lowest BCUT2D eigenvalue weighted by molar-refractivity contribution is -0.733. The van der Waals surface area contributed by atoms with E-state index in [2.05, 4.69) is 0 Å². The third-order valence-electron chi connectivity index (χ3n) is 5.77. The van der Waals surface area contributed by atoms with Gasteiger partial charge in [-0.15, -0.1) is 11.3 Å². The highest BCUT2D eigenvalue weighted by molar-refractivity contribution is 7.10. The van der Waals surface area contributed by atoms with Crippen molar-refractivity contribution in [2.24, 2.45) is 11.8 Å². The van der Waals surface area contributed by atoms with Crippen LogP contribution in [0, 0.1) is 11.8 Å². The third-order valence-corrected chi connectivity index (χ3v) is 6.74. The highest BCUT2D eigenvalue weighted by atomic mass is 32.1. The van der Waals surface area contributed by atoms with Crippen LogP contribution < -0.4 is 5.32 Å². The van der Waals surface area contributed by atoms with Crippen LogP contribution in [0.2, 0.25) is 0 Å². The average Bonchev–Trinajstić information content (AvgIpc) is 3.37. The average molecular weight is 385 g/mol. The Morgan fingerprint density at radius 2 is 1.93 bits per heavy atom. The van der Waals surface area contributed by atoms with Crippen LogP contribution in [0.3, 0.4) is 0 Å². The largest absolute Gasteiger partial charge is 0.464 e. The number of benzene rings is 1. The zero-order valence-corrected chi connectivity index (χ0v) is 15.9. The number of hydrogen-bond donors (Lipinski definition) is 1. The van der Waals surface area contributed by atoms with Gasteiger partial charge < -0.3 is 10.1 Å². The van der Waals surface area contributed by atoms with Crippen LogP contribution in [0.15, 0.2) is 47.8 Å². The number of nitrogens with zero attached hydrogens (tertiary/aromatic N) is 1. The molecule has 2 aliphatic rings. The predicted molar refractivity (Wildman–Crippen MR) is 98.6 cm³/mol. The van der Waals surface area contributed by atoms with Crippen molar-refractivity contribution < 1.29 is 24.4 Å². The van der Waals surface area contributed by atoms with Gasteiger partial charge >= 0.3 is 5.97 Å². The van der Waals surface area contributed by atoms with E-state index in [1.165, 1.54) is 30.4 Å². The number of nitrogens with two attached hydrogens (primary N) is 1. The third kappa shape index (κ3) is 2.61. The van der Waals surface area contributed by atoms with Gasteiger partial charge in [0.25, 0.3) is 0 Å². The normalized spacial score (nSPS) is 29.9. The van der Waals surface area contributed by atoms with Gasteiger partial charge in [-0.2, -0.15) is 0 Å². The summed E-state index contributed by atoms with van der Waals surface area (Å²) >= 11 is 1.53. The molecule has 0 bridgehead atoms. The molecule has 2 amide bonds. The van der Waals surface area contributed by atoms with Gasteiger partial charge in [0.15, 0.2) is 0 Å². The SMILES string of the molecule is COC(=O)[C@]1(Cc2ccccc2)[NH2+][C@@H](c2cccs2)[C@H]2C(=O)N(C)C(=O)[C@H]21. The lowest BCUT2D eigenvalue weighted by Crippen LogP contribution is -2.98. The smallest absolute Gasteiger partial charge is 0.369 e. The fraction of sp³-hybridized carbons (Fsp3) is 0.350. The lowest BCUT2D eigenvalue weighted by atomic mass is 9.76. The van der Waals surface area contributed by atoms with Gasteiger partial charge in [0.05, 0.1) is 12.0 Å². The standard InChI is InChI=1S/C20H20N2O4S/c1-22-17(23)14-15(18(22)24)20(19(25)26-2,11-12-7-4-3-5-8-12)21-16(14)13-9-6-10-27-13/h3-10,14-16,21H,11H2,1-2H3/p+1/t14-,15-,16-,20+/m0/s1. The molecule has 4 atom stereocenters. The molecule has 0 saturated carbocycles. The summed E-state index contributed by atoms with van der Waals surface area (Å²) in [6.07, 6.45) is 0.330. The van der Waals surface area contributed by atoms with Gasteiger partial charge in [-0.3, -0.25) is 14.5 Å². The second kappa shape index (κ2) is 6.58. The van der Waals surface area contributed by atoms with Crippen molar-refractivity contribution in [1.82, 2.24) is 4.90 Å². The van der Waals surface area contributed by atoms with E-state index >= 15 is 0 Å². The summed E-state index contributed by atoms with van der Waals surface area (Å²) in [6, 6.07) is 13.2. The second-order valence-corrected chi connectivity index (χ2v) is 8.12. The Kier molecular flexibility index (Phi) is 4.36. The maximum absolute atomic E-state index is 13.0. The molecule has 2 aliphatic heterocycles. The lowest BCUT2D eigenvalue weighted by Gasteiger charge is -2.28. The van der Waals surface area contributed by atoms with Gasteiger partial charge in [-0.25, -0.2) is 4.79 Å². The van der Waals surface area contributed by atoms with Gasteiger partial charge in [0, 0.05) is 13.5 Å². The van der Waals surface area contributed by atoms with Gasteiger partial charge in [-0.05, 0) is 17.0 Å². The number of likely N-dealkylation sites (tertiary alicyclic amines) is 1. The van der Waals surface area contributed by atoms with Crippen molar-refractivity contribution in [3.05, 3.63) is 58.3 Å². The molecule has 4 rings (SSSR count). The van der Waals surface area contributed by atoms with Gasteiger partial charge in [-0.1, -0.05) is 36.4 Å². The first kappa shape index (κ1) is 17.9. The molecular weight excluding hydrogens is 364 g/mol. The zero-order chi connectivity index (χ0) is 19.2. The van der Waals surface area contributed by atoms with Crippen LogP contribution in [-0.2, 0) is 25.5 Å². The Labute approximate surface area is 161 Å². The van der Waals surface area contributed by atoms with E-state index in [1.807, 2.05) is 53.2 Å². The minimum absolute atomic E-state index is 0.224. The van der Waals surface area contributed by atoms with Crippen molar-refractivity contribution in [3.8, 4) is 0 Å². The highest BCUT2D eigenvalue weighted by Gasteiger charge is 2.72. The minimum atomic E-state index is -1.16. The number of fused-ring (bicyclic) bond motifs is 1. The number of imide groups is 1. The Morgan fingerprint density at radius 3 is 2.56 bits per heavy atom. The summed E-state index contributed by atoms with van der Waals surface area (Å²) in [6.45, 7) is 0. The van der Waals surface area contributed by atoms with Crippen LogP contribution in [0.5, 0.6) is 0 Å². The predicted octanol–water partition coefficient (Wildman–Crippen LogP) is 0.752. The summed E-state index contributed by atoms with van der Waals surface area (Å²) in [4.78, 5) is 41.1. The first-order valence-electron chi connectivity index (χ1n) is 8.83. The minimum Gasteiger partial charge on any atom is -0.464 e. The van der Waals surface area contributed by atoms with Crippen LogP contribution in [-0.4, -0.2) is 42.4 Å². The molecule has 1 aromatic carbocycles. The number of methoxy groups -OCH3 is 1. The maximum atomic E-state index is 13.0. The molecule has 3 heterocycles. The monoisotopic (exact) mass is 385 g/mol. The highest BCUT2D eigenvalue weighted by Crippen LogP contribution is 2.46. The molecule has 2 aromatic rings. The van der Waals surface area contributed by atoms with Crippen molar-refractivity contribution in [3.63, 3.8) is 0 Å². The molecule has 2 N–H and O–H groups in total. The second-order valence-electron chi connectivity index (χ2n) is 7.14. The van der Waals surface area contributed by atoms with Crippen LogP contribution in [0.4, 0.5) is 0 Å². The summed E-state index contributed by atoms with van der Waals surface area (Å²) in [7, 11) is 2.83. The summed E-state index contributed by atoms with van der Waals surface area (Å²) in [5.41, 5.74) is -0.230. The first-order chi connectivity index (χ1) is 13.0. The number of rotatable bonds is 4. The Morgan fingerprint density at radius 1 is 1.19 bits per heavy atom. The number of carbonyl (C=O) groups excluding carboxylic acids is 3. The van der Waals surface area contributed by atoms with E-state index in [0.29, 0.717) is 6.42 Å². The molecule has 0 spiro atoms. The molecule has 27 heavy (non-hydrogen) atoms. The molecule has 6 nitrogen and oxygen atoms in total. The number of esters is 1. The van der Waals surface area contributed by atoms with E-state index in [9.17, 15) is 14.4 Å². The first-order valence-corrected chi connectivity index (χ1v) is 9.71. The number of carbonyl (C=O) groups is 3. The Hall–Kier alpha value is -2.51. The molecule has 0 aliphatic carbocycles. The summed E-state index contributed by atoms with van der Waals surface area (Å²) < 4.78 is 5.15. The molecule has 2 fully saturated rings. The maximum Gasteiger partial charge on any atom is 0.369 e. The number of amides is 2. The summed E-state index contributed by atoms with van der Waals surface area (Å²) in [5.74, 6) is -2.30. The van der Waals surface area contributed by atoms with Gasteiger partial charge in [0.2, 0.25) is 17.4 Å². The van der Waals surface area contributed by atoms with Crippen molar-refractivity contribution in [2.75, 3.05) is 14.2 Å². The molecule has 0 radical (unpaired) electrons. The topological polar surface area (TPSA) is 80.3 Å². The molecule has 0 unspecified atom stereocenters. The van der Waals surface area contributed by atoms with Crippen LogP contribution in [0.1, 0.15) is 16.5 Å². The van der Waals surface area contributed by atoms with E-state index in [1.54, 1.807) is 0 Å².